The zero-order valence-corrected chi connectivity index (χ0v) is 7.84. The summed E-state index contributed by atoms with van der Waals surface area (Å²) < 4.78 is 2.00. The molecule has 1 amide bonds. The van der Waals surface area contributed by atoms with E-state index in [2.05, 4.69) is 21.0 Å². The Hall–Kier alpha value is -0.840. The van der Waals surface area contributed by atoms with E-state index in [-0.39, 0.29) is 0 Å². The first-order chi connectivity index (χ1) is 5.04. The van der Waals surface area contributed by atoms with Crippen molar-refractivity contribution in [3.63, 3.8) is 0 Å². The van der Waals surface area contributed by atoms with E-state index in [9.17, 15) is 4.79 Å². The minimum absolute atomic E-state index is 0.559. The second kappa shape index (κ2) is 2.65. The van der Waals surface area contributed by atoms with Gasteiger partial charge >= 0.3 is 6.03 Å². The highest BCUT2D eigenvalue weighted by Crippen LogP contribution is 2.18. The summed E-state index contributed by atoms with van der Waals surface area (Å²) in [5, 5.41) is 3.90. The highest BCUT2D eigenvalue weighted by atomic mass is 79.9. The van der Waals surface area contributed by atoms with Crippen molar-refractivity contribution >= 4 is 22.0 Å². The topological polar surface area (TPSA) is 60.9 Å². The van der Waals surface area contributed by atoms with E-state index in [0.717, 1.165) is 15.9 Å². The fraction of sp³-hybridized carbons (Fsp3) is 0.333. The van der Waals surface area contributed by atoms with Gasteiger partial charge in [-0.05, 0) is 29.8 Å². The normalized spacial score (nSPS) is 10.1. The third kappa shape index (κ3) is 1.28. The van der Waals surface area contributed by atoms with Crippen LogP contribution in [0.3, 0.4) is 0 Å². The lowest BCUT2D eigenvalue weighted by molar-refractivity contribution is 0.247. The van der Waals surface area contributed by atoms with Crippen LogP contribution in [0.15, 0.2) is 4.47 Å². The fourth-order valence-corrected chi connectivity index (χ4v) is 1.09. The molecule has 11 heavy (non-hydrogen) atoms. The van der Waals surface area contributed by atoms with Crippen LogP contribution < -0.4 is 5.73 Å². The molecule has 0 unspecified atom stereocenters. The van der Waals surface area contributed by atoms with Gasteiger partial charge in [0.15, 0.2) is 0 Å². The van der Waals surface area contributed by atoms with Crippen molar-refractivity contribution in [3.05, 3.63) is 15.9 Å². The first-order valence-electron chi connectivity index (χ1n) is 3.05. The first-order valence-corrected chi connectivity index (χ1v) is 3.85. The number of hydrogen-bond donors (Lipinski definition) is 1. The predicted molar refractivity (Wildman–Crippen MR) is 44.4 cm³/mol. The number of halogens is 1. The molecule has 2 N–H and O–H groups in total. The number of carbonyl (C=O) groups excluding carboxylic acids is 1. The Labute approximate surface area is 72.5 Å². The highest BCUT2D eigenvalue weighted by Gasteiger charge is 2.10. The largest absolute Gasteiger partial charge is 0.350 e. The van der Waals surface area contributed by atoms with E-state index in [4.69, 9.17) is 5.73 Å². The Morgan fingerprint density at radius 3 is 2.36 bits per heavy atom. The molecule has 60 valence electrons. The molecule has 0 atom stereocenters. The van der Waals surface area contributed by atoms with Crippen molar-refractivity contribution in [3.8, 4) is 0 Å². The van der Waals surface area contributed by atoms with E-state index in [1.165, 1.54) is 4.68 Å². The molecular weight excluding hydrogens is 210 g/mol. The van der Waals surface area contributed by atoms with Crippen LogP contribution in [0.5, 0.6) is 0 Å². The average molecular weight is 218 g/mol. The van der Waals surface area contributed by atoms with Gasteiger partial charge in [0, 0.05) is 0 Å². The summed E-state index contributed by atoms with van der Waals surface area (Å²) in [6, 6.07) is -0.559. The Balaban J connectivity index is 3.29. The van der Waals surface area contributed by atoms with Gasteiger partial charge in [-0.2, -0.15) is 9.78 Å². The second-order valence-corrected chi connectivity index (χ2v) is 3.03. The third-order valence-electron chi connectivity index (χ3n) is 1.41. The summed E-state index contributed by atoms with van der Waals surface area (Å²) in [6.45, 7) is 3.57. The Morgan fingerprint density at radius 1 is 1.64 bits per heavy atom. The van der Waals surface area contributed by atoms with Crippen LogP contribution in [0, 0.1) is 13.8 Å². The van der Waals surface area contributed by atoms with E-state index in [1.807, 2.05) is 0 Å². The minimum Gasteiger partial charge on any atom is -0.350 e. The summed E-state index contributed by atoms with van der Waals surface area (Å²) in [6.07, 6.45) is 0. The van der Waals surface area contributed by atoms with E-state index < -0.39 is 6.03 Å². The fourth-order valence-electron chi connectivity index (χ4n) is 0.838. The van der Waals surface area contributed by atoms with Crippen LogP contribution in [0.1, 0.15) is 11.4 Å². The first kappa shape index (κ1) is 8.26. The molecular formula is C6H8BrN3O. The van der Waals surface area contributed by atoms with E-state index in [0.29, 0.717) is 0 Å². The maximum atomic E-state index is 10.7. The highest BCUT2D eigenvalue weighted by molar-refractivity contribution is 9.10. The number of nitrogens with two attached hydrogens (primary N) is 1. The summed E-state index contributed by atoms with van der Waals surface area (Å²) in [5.41, 5.74) is 6.53. The van der Waals surface area contributed by atoms with Gasteiger partial charge < -0.3 is 5.73 Å². The van der Waals surface area contributed by atoms with Gasteiger partial charge in [-0.25, -0.2) is 4.79 Å². The molecule has 0 radical (unpaired) electrons. The number of carbonyl (C=O) groups is 1. The van der Waals surface area contributed by atoms with E-state index in [1.54, 1.807) is 13.8 Å². The molecule has 4 nitrogen and oxygen atoms in total. The molecule has 1 heterocycles. The number of nitrogens with zero attached hydrogens (tertiary/aromatic N) is 2. The summed E-state index contributed by atoms with van der Waals surface area (Å²) >= 11 is 3.28. The molecule has 1 aromatic rings. The summed E-state index contributed by atoms with van der Waals surface area (Å²) in [5.74, 6) is 0. The van der Waals surface area contributed by atoms with Gasteiger partial charge in [-0.15, -0.1) is 0 Å². The number of primary amides is 1. The van der Waals surface area contributed by atoms with Gasteiger partial charge in [0.05, 0.1) is 15.9 Å². The minimum atomic E-state index is -0.559. The van der Waals surface area contributed by atoms with Gasteiger partial charge in [-0.1, -0.05) is 0 Å². The van der Waals surface area contributed by atoms with Crippen LogP contribution in [-0.4, -0.2) is 15.8 Å². The van der Waals surface area contributed by atoms with Gasteiger partial charge in [0.2, 0.25) is 0 Å². The van der Waals surface area contributed by atoms with Crippen LogP contribution in [-0.2, 0) is 0 Å². The molecule has 1 rings (SSSR count). The lowest BCUT2D eigenvalue weighted by Gasteiger charge is -1.94. The van der Waals surface area contributed by atoms with Crippen LogP contribution in [0.25, 0.3) is 0 Å². The van der Waals surface area contributed by atoms with Gasteiger partial charge in [0.1, 0.15) is 0 Å². The monoisotopic (exact) mass is 217 g/mol. The quantitative estimate of drug-likeness (QED) is 0.710. The van der Waals surface area contributed by atoms with Crippen molar-refractivity contribution in [2.75, 3.05) is 0 Å². The SMILES string of the molecule is Cc1nn(C(N)=O)c(C)c1Br. The van der Waals surface area contributed by atoms with E-state index >= 15 is 0 Å². The predicted octanol–water partition coefficient (Wildman–Crippen LogP) is 1.19. The van der Waals surface area contributed by atoms with Crippen molar-refractivity contribution in [1.29, 1.82) is 0 Å². The third-order valence-corrected chi connectivity index (χ3v) is 2.56. The molecule has 0 saturated heterocycles. The maximum Gasteiger partial charge on any atom is 0.339 e. The van der Waals surface area contributed by atoms with Crippen molar-refractivity contribution in [2.24, 2.45) is 5.73 Å². The van der Waals surface area contributed by atoms with Crippen molar-refractivity contribution in [1.82, 2.24) is 9.78 Å². The molecule has 1 aromatic heterocycles. The number of aromatic nitrogens is 2. The molecule has 0 aliphatic heterocycles. The number of aryl methyl sites for hydroxylation is 1. The number of hydrogen-bond acceptors (Lipinski definition) is 2. The maximum absolute atomic E-state index is 10.7. The van der Waals surface area contributed by atoms with Gasteiger partial charge in [-0.3, -0.25) is 0 Å². The summed E-state index contributed by atoms with van der Waals surface area (Å²) in [7, 11) is 0. The summed E-state index contributed by atoms with van der Waals surface area (Å²) in [4.78, 5) is 10.7. The average Bonchev–Trinajstić information content (AvgIpc) is 2.17. The number of amides is 1. The van der Waals surface area contributed by atoms with Crippen molar-refractivity contribution < 1.29 is 4.79 Å². The van der Waals surface area contributed by atoms with Crippen LogP contribution in [0.4, 0.5) is 4.79 Å². The lowest BCUT2D eigenvalue weighted by atomic mass is 10.4. The molecule has 0 fully saturated rings. The zero-order chi connectivity index (χ0) is 8.59. The Morgan fingerprint density at radius 2 is 2.18 bits per heavy atom. The Bertz CT molecular complexity index is 305. The molecule has 0 saturated carbocycles. The van der Waals surface area contributed by atoms with Gasteiger partial charge in [0.25, 0.3) is 0 Å². The second-order valence-electron chi connectivity index (χ2n) is 2.23. The standard InChI is InChI=1S/C6H8BrN3O/c1-3-5(7)4(2)10(9-3)6(8)11/h1-2H3,(H2,8,11). The molecule has 5 heteroatoms. The van der Waals surface area contributed by atoms with Crippen LogP contribution >= 0.6 is 15.9 Å². The molecule has 0 spiro atoms. The Kier molecular flexibility index (Phi) is 1.99. The van der Waals surface area contributed by atoms with Crippen molar-refractivity contribution in [2.45, 2.75) is 13.8 Å². The van der Waals surface area contributed by atoms with Crippen LogP contribution in [0.2, 0.25) is 0 Å². The number of rotatable bonds is 0. The smallest absolute Gasteiger partial charge is 0.339 e. The zero-order valence-electron chi connectivity index (χ0n) is 6.26. The molecule has 0 aliphatic rings. The molecule has 0 aromatic carbocycles. The lowest BCUT2D eigenvalue weighted by Crippen LogP contribution is -2.21. The molecule has 0 aliphatic carbocycles. The molecule has 0 bridgehead atoms.